The van der Waals surface area contributed by atoms with Crippen molar-refractivity contribution in [3.05, 3.63) is 58.1 Å². The van der Waals surface area contributed by atoms with Crippen molar-refractivity contribution < 1.29 is 23.9 Å². The molecular formula is C20H21Cl2N3O5. The molecule has 0 aliphatic carbocycles. The number of carbonyl (C=O) groups is 3. The summed E-state index contributed by atoms with van der Waals surface area (Å²) in [5.41, 5.74) is 5.22. The van der Waals surface area contributed by atoms with E-state index in [-0.39, 0.29) is 25.0 Å². The normalized spacial score (nSPS) is 10.2. The fourth-order valence-corrected chi connectivity index (χ4v) is 2.76. The van der Waals surface area contributed by atoms with Gasteiger partial charge in [0.2, 0.25) is 11.8 Å². The zero-order valence-corrected chi connectivity index (χ0v) is 17.7. The molecule has 0 atom stereocenters. The Morgan fingerprint density at radius 2 is 1.67 bits per heavy atom. The number of halogens is 2. The summed E-state index contributed by atoms with van der Waals surface area (Å²) in [4.78, 5) is 36.2. The summed E-state index contributed by atoms with van der Waals surface area (Å²) in [5.74, 6) is -1.12. The Morgan fingerprint density at radius 1 is 0.933 bits per heavy atom. The Labute approximate surface area is 183 Å². The smallest absolute Gasteiger partial charge is 0.273 e. The first-order valence-corrected chi connectivity index (χ1v) is 9.71. The van der Waals surface area contributed by atoms with Gasteiger partial charge in [-0.15, -0.1) is 0 Å². The number of nitrogens with one attached hydrogen (secondary N) is 3. The van der Waals surface area contributed by atoms with E-state index >= 15 is 0 Å². The molecule has 0 radical (unpaired) electrons. The number of carbonyl (C=O) groups excluding carboxylic acids is 3. The van der Waals surface area contributed by atoms with Gasteiger partial charge in [0.05, 0.1) is 22.9 Å². The quantitative estimate of drug-likeness (QED) is 0.399. The van der Waals surface area contributed by atoms with Crippen LogP contribution >= 0.6 is 23.2 Å². The lowest BCUT2D eigenvalue weighted by Crippen LogP contribution is -2.42. The van der Waals surface area contributed by atoms with Crippen LogP contribution in [0.15, 0.2) is 42.5 Å². The number of hydrazine groups is 1. The molecule has 0 aromatic heterocycles. The van der Waals surface area contributed by atoms with Crippen molar-refractivity contribution in [1.29, 1.82) is 0 Å². The molecule has 0 unspecified atom stereocenters. The molecule has 160 valence electrons. The van der Waals surface area contributed by atoms with E-state index in [9.17, 15) is 14.4 Å². The van der Waals surface area contributed by atoms with Crippen LogP contribution in [-0.4, -0.2) is 38.0 Å². The zero-order chi connectivity index (χ0) is 21.9. The Morgan fingerprint density at radius 3 is 2.40 bits per heavy atom. The van der Waals surface area contributed by atoms with Gasteiger partial charge in [0.1, 0.15) is 12.4 Å². The van der Waals surface area contributed by atoms with Gasteiger partial charge in [0, 0.05) is 25.0 Å². The molecule has 2 aromatic rings. The number of methoxy groups -OCH3 is 1. The van der Waals surface area contributed by atoms with Gasteiger partial charge >= 0.3 is 0 Å². The molecule has 0 aliphatic rings. The molecule has 0 saturated heterocycles. The Balaban J connectivity index is 1.79. The van der Waals surface area contributed by atoms with E-state index in [1.165, 1.54) is 6.07 Å². The van der Waals surface area contributed by atoms with E-state index < -0.39 is 17.7 Å². The van der Waals surface area contributed by atoms with Crippen LogP contribution in [0.3, 0.4) is 0 Å². The van der Waals surface area contributed by atoms with Crippen molar-refractivity contribution in [3.63, 3.8) is 0 Å². The van der Waals surface area contributed by atoms with Crippen LogP contribution in [0.1, 0.15) is 23.2 Å². The minimum absolute atomic E-state index is 0.0998. The number of hydrogen-bond acceptors (Lipinski definition) is 5. The SMILES string of the molecule is COCCOc1ccccc1C(=O)NNC(=O)CCC(=O)Nc1ccc(Cl)cc1Cl. The predicted molar refractivity (Wildman–Crippen MR) is 114 cm³/mol. The minimum atomic E-state index is -0.547. The molecule has 3 amide bonds. The van der Waals surface area contributed by atoms with E-state index in [1.54, 1.807) is 43.5 Å². The zero-order valence-electron chi connectivity index (χ0n) is 16.2. The summed E-state index contributed by atoms with van der Waals surface area (Å²) in [6.07, 6.45) is -0.235. The third-order valence-corrected chi connectivity index (χ3v) is 4.32. The van der Waals surface area contributed by atoms with Gasteiger partial charge in [-0.25, -0.2) is 0 Å². The highest BCUT2D eigenvalue weighted by molar-refractivity contribution is 6.36. The van der Waals surface area contributed by atoms with Crippen LogP contribution in [0.25, 0.3) is 0 Å². The van der Waals surface area contributed by atoms with Gasteiger partial charge in [-0.2, -0.15) is 0 Å². The van der Waals surface area contributed by atoms with Crippen molar-refractivity contribution >= 4 is 46.6 Å². The second-order valence-electron chi connectivity index (χ2n) is 6.01. The summed E-state index contributed by atoms with van der Waals surface area (Å²) in [6, 6.07) is 11.2. The highest BCUT2D eigenvalue weighted by Crippen LogP contribution is 2.25. The largest absolute Gasteiger partial charge is 0.490 e. The molecule has 0 fully saturated rings. The molecule has 30 heavy (non-hydrogen) atoms. The van der Waals surface area contributed by atoms with Crippen LogP contribution in [-0.2, 0) is 14.3 Å². The van der Waals surface area contributed by atoms with Crippen molar-refractivity contribution in [2.24, 2.45) is 0 Å². The van der Waals surface area contributed by atoms with E-state index in [0.717, 1.165) is 0 Å². The number of ether oxygens (including phenoxy) is 2. The molecule has 0 bridgehead atoms. The first kappa shape index (κ1) is 23.5. The number of anilines is 1. The van der Waals surface area contributed by atoms with E-state index in [1.807, 2.05) is 0 Å². The molecule has 2 aromatic carbocycles. The first-order chi connectivity index (χ1) is 14.4. The molecule has 8 nitrogen and oxygen atoms in total. The Bertz CT molecular complexity index is 908. The van der Waals surface area contributed by atoms with Gasteiger partial charge in [-0.05, 0) is 30.3 Å². The van der Waals surface area contributed by atoms with E-state index in [2.05, 4.69) is 16.2 Å². The summed E-state index contributed by atoms with van der Waals surface area (Å²) < 4.78 is 10.4. The maximum atomic E-state index is 12.3. The van der Waals surface area contributed by atoms with Gasteiger partial charge < -0.3 is 14.8 Å². The average Bonchev–Trinajstić information content (AvgIpc) is 2.73. The maximum absolute atomic E-state index is 12.3. The third-order valence-electron chi connectivity index (χ3n) is 3.78. The molecule has 0 aliphatic heterocycles. The summed E-state index contributed by atoms with van der Waals surface area (Å²) in [5, 5.41) is 3.33. The molecule has 0 spiro atoms. The van der Waals surface area contributed by atoms with Crippen molar-refractivity contribution in [1.82, 2.24) is 10.9 Å². The van der Waals surface area contributed by atoms with Gasteiger partial charge in [0.25, 0.3) is 5.91 Å². The monoisotopic (exact) mass is 453 g/mol. The lowest BCUT2D eigenvalue weighted by atomic mass is 10.2. The number of amides is 3. The highest BCUT2D eigenvalue weighted by atomic mass is 35.5. The van der Waals surface area contributed by atoms with Gasteiger partial charge in [-0.3, -0.25) is 25.2 Å². The summed E-state index contributed by atoms with van der Waals surface area (Å²) >= 11 is 11.8. The number of benzene rings is 2. The van der Waals surface area contributed by atoms with Crippen molar-refractivity contribution in [2.45, 2.75) is 12.8 Å². The van der Waals surface area contributed by atoms with Crippen molar-refractivity contribution in [3.8, 4) is 5.75 Å². The highest BCUT2D eigenvalue weighted by Gasteiger charge is 2.14. The average molecular weight is 454 g/mol. The summed E-state index contributed by atoms with van der Waals surface area (Å²) in [6.45, 7) is 0.649. The number of rotatable bonds is 9. The molecule has 0 heterocycles. The lowest BCUT2D eigenvalue weighted by Gasteiger charge is -2.12. The number of para-hydroxylation sites is 1. The molecule has 10 heteroatoms. The first-order valence-electron chi connectivity index (χ1n) is 8.95. The Kier molecular flexibility index (Phi) is 9.40. The van der Waals surface area contributed by atoms with Gasteiger partial charge in [0.15, 0.2) is 0 Å². The predicted octanol–water partition coefficient (Wildman–Crippen LogP) is 3.20. The standard InChI is InChI=1S/C20H21Cl2N3O5/c1-29-10-11-30-17-5-3-2-4-14(17)20(28)25-24-19(27)9-8-18(26)23-16-7-6-13(21)12-15(16)22/h2-7,12H,8-11H2,1H3,(H,23,26)(H,24,27)(H,25,28). The van der Waals surface area contributed by atoms with Crippen LogP contribution < -0.4 is 20.9 Å². The van der Waals surface area contributed by atoms with Crippen LogP contribution in [0.4, 0.5) is 5.69 Å². The summed E-state index contributed by atoms with van der Waals surface area (Å²) in [7, 11) is 1.54. The van der Waals surface area contributed by atoms with Crippen molar-refractivity contribution in [2.75, 3.05) is 25.6 Å². The van der Waals surface area contributed by atoms with Crippen LogP contribution in [0, 0.1) is 0 Å². The lowest BCUT2D eigenvalue weighted by molar-refractivity contribution is -0.124. The van der Waals surface area contributed by atoms with Crippen LogP contribution in [0.2, 0.25) is 10.0 Å². The Hall–Kier alpha value is -2.81. The van der Waals surface area contributed by atoms with E-state index in [0.29, 0.717) is 28.1 Å². The second-order valence-corrected chi connectivity index (χ2v) is 6.86. The fourth-order valence-electron chi connectivity index (χ4n) is 2.30. The second kappa shape index (κ2) is 12.0. The number of hydrogen-bond donors (Lipinski definition) is 3. The van der Waals surface area contributed by atoms with Gasteiger partial charge in [-0.1, -0.05) is 35.3 Å². The molecule has 2 rings (SSSR count). The maximum Gasteiger partial charge on any atom is 0.273 e. The van der Waals surface area contributed by atoms with Crippen LogP contribution in [0.5, 0.6) is 5.75 Å². The molecule has 3 N–H and O–H groups in total. The third kappa shape index (κ3) is 7.55. The minimum Gasteiger partial charge on any atom is -0.490 e. The topological polar surface area (TPSA) is 106 Å². The molecular weight excluding hydrogens is 433 g/mol. The molecule has 0 saturated carbocycles. The van der Waals surface area contributed by atoms with E-state index in [4.69, 9.17) is 32.7 Å². The fraction of sp³-hybridized carbons (Fsp3) is 0.250.